The molecular formula is C18H20BrNO3. The number of rotatable bonds is 6. The number of amides is 1. The van der Waals surface area contributed by atoms with Crippen LogP contribution in [0.5, 0.6) is 11.5 Å². The van der Waals surface area contributed by atoms with Crippen molar-refractivity contribution in [1.82, 2.24) is 5.32 Å². The summed E-state index contributed by atoms with van der Waals surface area (Å²) in [7, 11) is 1.63. The molecule has 23 heavy (non-hydrogen) atoms. The molecule has 0 spiro atoms. The minimum absolute atomic E-state index is 0.000529. The fourth-order valence-electron chi connectivity index (χ4n) is 2.26. The van der Waals surface area contributed by atoms with Crippen molar-refractivity contribution in [2.75, 3.05) is 13.7 Å². The molecule has 0 bridgehead atoms. The Morgan fingerprint density at radius 3 is 2.30 bits per heavy atom. The van der Waals surface area contributed by atoms with Crippen LogP contribution in [0.15, 0.2) is 40.9 Å². The number of carbonyl (C=O) groups excluding carboxylic acids is 1. The molecule has 0 aromatic heterocycles. The molecule has 0 saturated heterocycles. The van der Waals surface area contributed by atoms with Crippen LogP contribution in [0.1, 0.15) is 16.7 Å². The third-order valence-corrected chi connectivity index (χ3v) is 3.88. The molecule has 0 radical (unpaired) electrons. The number of benzene rings is 2. The molecule has 0 unspecified atom stereocenters. The van der Waals surface area contributed by atoms with Gasteiger partial charge >= 0.3 is 0 Å². The summed E-state index contributed by atoms with van der Waals surface area (Å²) in [5.41, 5.74) is 3.01. The number of hydrogen-bond donors (Lipinski definition) is 1. The lowest BCUT2D eigenvalue weighted by atomic mass is 10.1. The molecule has 0 heterocycles. The van der Waals surface area contributed by atoms with Gasteiger partial charge in [-0.25, -0.2) is 0 Å². The molecule has 1 N–H and O–H groups in total. The van der Waals surface area contributed by atoms with Crippen LogP contribution in [0.2, 0.25) is 0 Å². The van der Waals surface area contributed by atoms with Crippen LogP contribution in [0.4, 0.5) is 0 Å². The van der Waals surface area contributed by atoms with Crippen LogP contribution in [-0.2, 0) is 11.3 Å². The zero-order valence-corrected chi connectivity index (χ0v) is 15.1. The number of ether oxygens (including phenoxy) is 2. The first-order valence-corrected chi connectivity index (χ1v) is 8.08. The van der Waals surface area contributed by atoms with E-state index in [1.54, 1.807) is 7.11 Å². The lowest BCUT2D eigenvalue weighted by Gasteiger charge is -2.13. The second kappa shape index (κ2) is 8.02. The predicted molar refractivity (Wildman–Crippen MR) is 94.0 cm³/mol. The van der Waals surface area contributed by atoms with Crippen molar-refractivity contribution in [1.29, 1.82) is 0 Å². The maximum absolute atomic E-state index is 11.9. The Morgan fingerprint density at radius 1 is 1.13 bits per heavy atom. The van der Waals surface area contributed by atoms with Gasteiger partial charge in [-0.2, -0.15) is 0 Å². The van der Waals surface area contributed by atoms with E-state index in [2.05, 4.69) is 21.2 Å². The Hall–Kier alpha value is -2.01. The Labute approximate surface area is 144 Å². The standard InChI is InChI=1S/C18H20BrNO3/c1-12-8-15(19)9-13(2)18(12)23-11-17(21)20-10-14-4-6-16(22-3)7-5-14/h4-9H,10-11H2,1-3H3,(H,20,21). The van der Waals surface area contributed by atoms with E-state index in [-0.39, 0.29) is 12.5 Å². The van der Waals surface area contributed by atoms with Crippen molar-refractivity contribution in [3.63, 3.8) is 0 Å². The van der Waals surface area contributed by atoms with Crippen molar-refractivity contribution in [3.05, 3.63) is 57.6 Å². The highest BCUT2D eigenvalue weighted by molar-refractivity contribution is 9.10. The molecule has 0 atom stereocenters. The third kappa shape index (κ3) is 4.99. The van der Waals surface area contributed by atoms with E-state index in [1.165, 1.54) is 0 Å². The Kier molecular flexibility index (Phi) is 6.04. The van der Waals surface area contributed by atoms with Crippen LogP contribution in [-0.4, -0.2) is 19.6 Å². The quantitative estimate of drug-likeness (QED) is 0.833. The number of aryl methyl sites for hydroxylation is 2. The van der Waals surface area contributed by atoms with Crippen LogP contribution < -0.4 is 14.8 Å². The van der Waals surface area contributed by atoms with Gasteiger partial charge in [-0.05, 0) is 54.8 Å². The summed E-state index contributed by atoms with van der Waals surface area (Å²) in [5.74, 6) is 1.40. The highest BCUT2D eigenvalue weighted by atomic mass is 79.9. The van der Waals surface area contributed by atoms with E-state index in [1.807, 2.05) is 50.2 Å². The summed E-state index contributed by atoms with van der Waals surface area (Å²) in [5, 5.41) is 2.84. The molecule has 5 heteroatoms. The molecule has 2 aromatic carbocycles. The van der Waals surface area contributed by atoms with Gasteiger partial charge in [-0.15, -0.1) is 0 Å². The summed E-state index contributed by atoms with van der Waals surface area (Å²) in [6.45, 7) is 4.38. The van der Waals surface area contributed by atoms with Crippen LogP contribution in [0, 0.1) is 13.8 Å². The van der Waals surface area contributed by atoms with Gasteiger partial charge in [-0.1, -0.05) is 28.1 Å². The highest BCUT2D eigenvalue weighted by Gasteiger charge is 2.08. The molecule has 1 amide bonds. The van der Waals surface area contributed by atoms with Gasteiger partial charge < -0.3 is 14.8 Å². The lowest BCUT2D eigenvalue weighted by molar-refractivity contribution is -0.123. The van der Waals surface area contributed by atoms with Crippen molar-refractivity contribution in [2.45, 2.75) is 20.4 Å². The van der Waals surface area contributed by atoms with Gasteiger partial charge in [0, 0.05) is 11.0 Å². The summed E-state index contributed by atoms with van der Waals surface area (Å²) < 4.78 is 11.8. The largest absolute Gasteiger partial charge is 0.497 e. The average Bonchev–Trinajstić information content (AvgIpc) is 2.52. The first kappa shape index (κ1) is 17.3. The molecule has 0 fully saturated rings. The minimum Gasteiger partial charge on any atom is -0.497 e. The third-order valence-electron chi connectivity index (χ3n) is 3.42. The second-order valence-electron chi connectivity index (χ2n) is 5.28. The first-order valence-electron chi connectivity index (χ1n) is 7.29. The maximum atomic E-state index is 11.9. The zero-order valence-electron chi connectivity index (χ0n) is 13.5. The minimum atomic E-state index is -0.150. The lowest BCUT2D eigenvalue weighted by Crippen LogP contribution is -2.28. The summed E-state index contributed by atoms with van der Waals surface area (Å²) >= 11 is 3.44. The van der Waals surface area contributed by atoms with Crippen molar-refractivity contribution >= 4 is 21.8 Å². The molecule has 0 aliphatic rings. The second-order valence-corrected chi connectivity index (χ2v) is 6.20. The number of nitrogens with one attached hydrogen (secondary N) is 1. The van der Waals surface area contributed by atoms with Crippen molar-refractivity contribution in [3.8, 4) is 11.5 Å². The zero-order chi connectivity index (χ0) is 16.8. The average molecular weight is 378 g/mol. The van der Waals surface area contributed by atoms with Gasteiger partial charge in [0.25, 0.3) is 5.91 Å². The van der Waals surface area contributed by atoms with Gasteiger partial charge in [0.15, 0.2) is 6.61 Å². The Balaban J connectivity index is 1.85. The first-order chi connectivity index (χ1) is 11.0. The predicted octanol–water partition coefficient (Wildman–Crippen LogP) is 3.77. The SMILES string of the molecule is COc1ccc(CNC(=O)COc2c(C)cc(Br)cc2C)cc1. The molecule has 122 valence electrons. The monoisotopic (exact) mass is 377 g/mol. The molecule has 2 aromatic rings. The van der Waals surface area contributed by atoms with Crippen LogP contribution in [0.25, 0.3) is 0 Å². The van der Waals surface area contributed by atoms with E-state index in [0.717, 1.165) is 32.7 Å². The maximum Gasteiger partial charge on any atom is 0.258 e. The summed E-state index contributed by atoms with van der Waals surface area (Å²) in [6.07, 6.45) is 0. The van der Waals surface area contributed by atoms with Crippen LogP contribution >= 0.6 is 15.9 Å². The van der Waals surface area contributed by atoms with Gasteiger partial charge in [-0.3, -0.25) is 4.79 Å². The van der Waals surface area contributed by atoms with E-state index in [4.69, 9.17) is 9.47 Å². The number of methoxy groups -OCH3 is 1. The highest BCUT2D eigenvalue weighted by Crippen LogP contribution is 2.27. The van der Waals surface area contributed by atoms with Crippen LogP contribution in [0.3, 0.4) is 0 Å². The molecule has 0 aliphatic heterocycles. The normalized spacial score (nSPS) is 10.3. The number of carbonyl (C=O) groups is 1. The van der Waals surface area contributed by atoms with E-state index >= 15 is 0 Å². The molecular weight excluding hydrogens is 358 g/mol. The molecule has 4 nitrogen and oxygen atoms in total. The summed E-state index contributed by atoms with van der Waals surface area (Å²) in [4.78, 5) is 11.9. The van der Waals surface area contributed by atoms with Gasteiger partial charge in [0.1, 0.15) is 11.5 Å². The molecule has 0 aliphatic carbocycles. The van der Waals surface area contributed by atoms with Gasteiger partial charge in [0.05, 0.1) is 7.11 Å². The number of hydrogen-bond acceptors (Lipinski definition) is 3. The Bertz CT molecular complexity index is 660. The summed E-state index contributed by atoms with van der Waals surface area (Å²) in [6, 6.07) is 11.5. The number of halogens is 1. The fourth-order valence-corrected chi connectivity index (χ4v) is 2.94. The van der Waals surface area contributed by atoms with E-state index < -0.39 is 0 Å². The molecule has 2 rings (SSSR count). The van der Waals surface area contributed by atoms with E-state index in [0.29, 0.717) is 6.54 Å². The molecule has 0 saturated carbocycles. The smallest absolute Gasteiger partial charge is 0.258 e. The topological polar surface area (TPSA) is 47.6 Å². The van der Waals surface area contributed by atoms with Gasteiger partial charge in [0.2, 0.25) is 0 Å². The fraction of sp³-hybridized carbons (Fsp3) is 0.278. The Morgan fingerprint density at radius 2 is 1.74 bits per heavy atom. The van der Waals surface area contributed by atoms with Crippen molar-refractivity contribution in [2.24, 2.45) is 0 Å². The van der Waals surface area contributed by atoms with Crippen molar-refractivity contribution < 1.29 is 14.3 Å². The van der Waals surface area contributed by atoms with E-state index in [9.17, 15) is 4.79 Å².